The second-order valence-corrected chi connectivity index (χ2v) is 5.61. The van der Waals surface area contributed by atoms with Crippen LogP contribution in [-0.2, 0) is 23.7 Å². The van der Waals surface area contributed by atoms with Crippen molar-refractivity contribution < 1.29 is 23.7 Å². The molecule has 0 aromatic carbocycles. The van der Waals surface area contributed by atoms with Gasteiger partial charge < -0.3 is 23.7 Å². The molecule has 2 unspecified atom stereocenters. The summed E-state index contributed by atoms with van der Waals surface area (Å²) in [5.74, 6) is -1.08. The molecule has 0 aromatic rings. The highest BCUT2D eigenvalue weighted by Crippen LogP contribution is 2.43. The van der Waals surface area contributed by atoms with Gasteiger partial charge in [-0.25, -0.2) is 0 Å². The van der Waals surface area contributed by atoms with E-state index in [1.54, 1.807) is 0 Å². The highest BCUT2D eigenvalue weighted by atomic mass is 16.9. The van der Waals surface area contributed by atoms with Crippen molar-refractivity contribution >= 4 is 0 Å². The van der Waals surface area contributed by atoms with Crippen LogP contribution in [0.3, 0.4) is 0 Å². The van der Waals surface area contributed by atoms with E-state index < -0.39 is 11.6 Å². The maximum Gasteiger partial charge on any atom is 0.190 e. The van der Waals surface area contributed by atoms with E-state index in [1.807, 2.05) is 20.8 Å². The molecule has 3 aliphatic rings. The van der Waals surface area contributed by atoms with Gasteiger partial charge in [0, 0.05) is 0 Å². The zero-order valence-corrected chi connectivity index (χ0v) is 11.5. The minimum Gasteiger partial charge on any atom is -0.347 e. The van der Waals surface area contributed by atoms with Crippen LogP contribution >= 0.6 is 0 Å². The van der Waals surface area contributed by atoms with Gasteiger partial charge in [-0.3, -0.25) is 0 Å². The summed E-state index contributed by atoms with van der Waals surface area (Å²) in [6.07, 6.45) is 0.951. The lowest BCUT2D eigenvalue weighted by Gasteiger charge is -2.40. The van der Waals surface area contributed by atoms with Crippen molar-refractivity contribution in [2.45, 2.75) is 76.7 Å². The molecule has 5 heteroatoms. The highest BCUT2D eigenvalue weighted by molar-refractivity contribution is 4.97. The van der Waals surface area contributed by atoms with Gasteiger partial charge in [0.05, 0.1) is 6.61 Å². The number of hydrogen-bond acceptors (Lipinski definition) is 5. The molecule has 0 radical (unpaired) electrons. The molecule has 3 rings (SSSR count). The van der Waals surface area contributed by atoms with Crippen molar-refractivity contribution in [2.24, 2.45) is 0 Å². The molecular formula is C13H22O5. The summed E-state index contributed by atoms with van der Waals surface area (Å²) < 4.78 is 29.4. The van der Waals surface area contributed by atoms with E-state index in [2.05, 4.69) is 6.92 Å². The molecule has 3 aliphatic heterocycles. The predicted molar refractivity (Wildman–Crippen MR) is 62.8 cm³/mol. The van der Waals surface area contributed by atoms with Gasteiger partial charge >= 0.3 is 0 Å². The second-order valence-electron chi connectivity index (χ2n) is 5.61. The average molecular weight is 258 g/mol. The van der Waals surface area contributed by atoms with Gasteiger partial charge in [-0.1, -0.05) is 13.8 Å². The maximum absolute atomic E-state index is 6.05. The quantitative estimate of drug-likeness (QED) is 0.755. The molecule has 0 aliphatic carbocycles. The average Bonchev–Trinajstić information content (AvgIpc) is 2.84. The third kappa shape index (κ3) is 1.89. The SMILES string of the molecule is CCC1(C)OC[C@H]2O[C@@H]3OC(C)(CC)O[C@@H]3[C@H]2O1. The van der Waals surface area contributed by atoms with Crippen LogP contribution in [0.5, 0.6) is 0 Å². The Hall–Kier alpha value is -0.200. The maximum atomic E-state index is 6.05. The number of rotatable bonds is 2. The molecule has 5 nitrogen and oxygen atoms in total. The van der Waals surface area contributed by atoms with Crippen LogP contribution in [0.1, 0.15) is 40.5 Å². The third-order valence-electron chi connectivity index (χ3n) is 4.24. The van der Waals surface area contributed by atoms with Crippen molar-refractivity contribution in [2.75, 3.05) is 6.61 Å². The smallest absolute Gasteiger partial charge is 0.190 e. The van der Waals surface area contributed by atoms with Crippen LogP contribution in [0.25, 0.3) is 0 Å². The molecular weight excluding hydrogens is 236 g/mol. The fourth-order valence-corrected chi connectivity index (χ4v) is 2.68. The van der Waals surface area contributed by atoms with Crippen molar-refractivity contribution in [3.05, 3.63) is 0 Å². The Morgan fingerprint density at radius 2 is 1.61 bits per heavy atom. The van der Waals surface area contributed by atoms with E-state index in [4.69, 9.17) is 23.7 Å². The van der Waals surface area contributed by atoms with E-state index in [-0.39, 0.29) is 24.6 Å². The molecule has 18 heavy (non-hydrogen) atoms. The van der Waals surface area contributed by atoms with Gasteiger partial charge in [-0.2, -0.15) is 0 Å². The van der Waals surface area contributed by atoms with E-state index in [1.165, 1.54) is 0 Å². The van der Waals surface area contributed by atoms with Crippen LogP contribution in [0.4, 0.5) is 0 Å². The first-order valence-corrected chi connectivity index (χ1v) is 6.81. The van der Waals surface area contributed by atoms with E-state index >= 15 is 0 Å². The zero-order valence-electron chi connectivity index (χ0n) is 11.5. The first-order valence-electron chi connectivity index (χ1n) is 6.81. The van der Waals surface area contributed by atoms with Gasteiger partial charge in [-0.05, 0) is 26.7 Å². The fraction of sp³-hybridized carbons (Fsp3) is 1.00. The van der Waals surface area contributed by atoms with Crippen molar-refractivity contribution in [3.63, 3.8) is 0 Å². The minimum atomic E-state index is -0.551. The van der Waals surface area contributed by atoms with Crippen LogP contribution in [-0.4, -0.2) is 42.8 Å². The zero-order chi connectivity index (χ0) is 13.0. The number of ether oxygens (including phenoxy) is 5. The molecule has 3 heterocycles. The second kappa shape index (κ2) is 4.15. The Balaban J connectivity index is 1.75. The minimum absolute atomic E-state index is 0.0824. The summed E-state index contributed by atoms with van der Waals surface area (Å²) in [6, 6.07) is 0. The summed E-state index contributed by atoms with van der Waals surface area (Å²) in [5, 5.41) is 0. The summed E-state index contributed by atoms with van der Waals surface area (Å²) in [4.78, 5) is 0. The summed E-state index contributed by atoms with van der Waals surface area (Å²) in [7, 11) is 0. The van der Waals surface area contributed by atoms with Gasteiger partial charge in [0.1, 0.15) is 18.3 Å². The number of fused-ring (bicyclic) bond motifs is 3. The molecule has 104 valence electrons. The van der Waals surface area contributed by atoms with Crippen molar-refractivity contribution in [1.82, 2.24) is 0 Å². The Labute approximate surface area is 108 Å². The van der Waals surface area contributed by atoms with Crippen LogP contribution in [0, 0.1) is 0 Å². The lowest BCUT2D eigenvalue weighted by Crippen LogP contribution is -2.52. The van der Waals surface area contributed by atoms with E-state index in [0.29, 0.717) is 6.61 Å². The van der Waals surface area contributed by atoms with Gasteiger partial charge in [-0.15, -0.1) is 0 Å². The Morgan fingerprint density at radius 1 is 0.944 bits per heavy atom. The van der Waals surface area contributed by atoms with Crippen LogP contribution in [0.15, 0.2) is 0 Å². The Bertz CT molecular complexity index is 335. The highest BCUT2D eigenvalue weighted by Gasteiger charge is 2.59. The summed E-state index contributed by atoms with van der Waals surface area (Å²) in [6.45, 7) is 8.54. The molecule has 0 amide bonds. The summed E-state index contributed by atoms with van der Waals surface area (Å²) >= 11 is 0. The lowest BCUT2D eigenvalue weighted by atomic mass is 10.1. The topological polar surface area (TPSA) is 46.2 Å². The van der Waals surface area contributed by atoms with Crippen molar-refractivity contribution in [3.8, 4) is 0 Å². The Morgan fingerprint density at radius 3 is 2.28 bits per heavy atom. The molecule has 0 bridgehead atoms. The lowest BCUT2D eigenvalue weighted by molar-refractivity contribution is -0.328. The third-order valence-corrected chi connectivity index (χ3v) is 4.24. The molecule has 6 atom stereocenters. The van der Waals surface area contributed by atoms with Gasteiger partial charge in [0.25, 0.3) is 0 Å². The molecule has 3 fully saturated rings. The standard InChI is InChI=1S/C13H22O5/c1-5-12(3)14-7-8-9(16-12)10-11(15-8)18-13(4,6-2)17-10/h8-11H,5-7H2,1-4H3/t8-,9+,10-,11-,12?,13?/m1/s1. The Kier molecular flexibility index (Phi) is 2.95. The monoisotopic (exact) mass is 258 g/mol. The van der Waals surface area contributed by atoms with Crippen LogP contribution < -0.4 is 0 Å². The normalized spacial score (nSPS) is 55.3. The predicted octanol–water partition coefficient (Wildman–Crippen LogP) is 1.79. The van der Waals surface area contributed by atoms with E-state index in [9.17, 15) is 0 Å². The summed E-state index contributed by atoms with van der Waals surface area (Å²) in [5.41, 5.74) is 0. The molecule has 3 saturated heterocycles. The van der Waals surface area contributed by atoms with Crippen LogP contribution in [0.2, 0.25) is 0 Å². The van der Waals surface area contributed by atoms with Crippen molar-refractivity contribution in [1.29, 1.82) is 0 Å². The number of hydrogen-bond donors (Lipinski definition) is 0. The largest absolute Gasteiger partial charge is 0.347 e. The molecule has 0 N–H and O–H groups in total. The first kappa shape index (κ1) is 12.8. The fourth-order valence-electron chi connectivity index (χ4n) is 2.68. The van der Waals surface area contributed by atoms with Gasteiger partial charge in [0.15, 0.2) is 17.9 Å². The van der Waals surface area contributed by atoms with Gasteiger partial charge in [0.2, 0.25) is 0 Å². The molecule has 0 saturated carbocycles. The molecule has 0 aromatic heterocycles. The first-order chi connectivity index (χ1) is 8.49. The molecule has 0 spiro atoms. The van der Waals surface area contributed by atoms with E-state index in [0.717, 1.165) is 12.8 Å².